The first-order chi connectivity index (χ1) is 16.2. The predicted octanol–water partition coefficient (Wildman–Crippen LogP) is 1.82. The van der Waals surface area contributed by atoms with Crippen LogP contribution in [0.2, 0.25) is 0 Å². The third kappa shape index (κ3) is 6.65. The van der Waals surface area contributed by atoms with Gasteiger partial charge in [0.15, 0.2) is 0 Å². The van der Waals surface area contributed by atoms with Crippen molar-refractivity contribution in [1.82, 2.24) is 10.3 Å². The molecule has 1 aromatic heterocycles. The van der Waals surface area contributed by atoms with E-state index < -0.39 is 33.8 Å². The van der Waals surface area contributed by atoms with E-state index in [0.29, 0.717) is 5.69 Å². The zero-order valence-electron chi connectivity index (χ0n) is 18.5. The van der Waals surface area contributed by atoms with E-state index in [0.717, 1.165) is 16.5 Å². The van der Waals surface area contributed by atoms with Crippen LogP contribution in [0.5, 0.6) is 0 Å². The summed E-state index contributed by atoms with van der Waals surface area (Å²) in [4.78, 5) is 40.2. The molecule has 0 saturated carbocycles. The molecule has 0 aliphatic rings. The number of para-hydroxylation sites is 1. The summed E-state index contributed by atoms with van der Waals surface area (Å²) in [7, 11) is -3.83. The fraction of sp³-hybridized carbons (Fsp3) is 0.261. The van der Waals surface area contributed by atoms with E-state index in [4.69, 9.17) is 9.88 Å². The fourth-order valence-electron chi connectivity index (χ4n) is 3.40. The van der Waals surface area contributed by atoms with Crippen molar-refractivity contribution in [1.29, 1.82) is 0 Å². The lowest BCUT2D eigenvalue weighted by molar-refractivity contribution is -0.147. The Kier molecular flexibility index (Phi) is 8.03. The monoisotopic (exact) mass is 486 g/mol. The summed E-state index contributed by atoms with van der Waals surface area (Å²) in [6.07, 6.45) is 1.74. The zero-order chi connectivity index (χ0) is 24.7. The molecule has 10 nitrogen and oxygen atoms in total. The van der Waals surface area contributed by atoms with E-state index in [2.05, 4.69) is 15.6 Å². The molecule has 3 rings (SSSR count). The van der Waals surface area contributed by atoms with Gasteiger partial charge in [-0.15, -0.1) is 0 Å². The van der Waals surface area contributed by atoms with Gasteiger partial charge in [0, 0.05) is 42.0 Å². The minimum atomic E-state index is -3.83. The first-order valence-electron chi connectivity index (χ1n) is 10.6. The van der Waals surface area contributed by atoms with Gasteiger partial charge in [-0.3, -0.25) is 9.59 Å². The Morgan fingerprint density at radius 3 is 2.38 bits per heavy atom. The quantitative estimate of drug-likeness (QED) is 0.320. The van der Waals surface area contributed by atoms with Crippen molar-refractivity contribution in [2.24, 2.45) is 5.14 Å². The maximum atomic E-state index is 12.5. The van der Waals surface area contributed by atoms with Crippen molar-refractivity contribution >= 4 is 44.4 Å². The number of aromatic amines is 1. The van der Waals surface area contributed by atoms with Gasteiger partial charge in [0.25, 0.3) is 0 Å². The van der Waals surface area contributed by atoms with Crippen molar-refractivity contribution in [3.8, 4) is 0 Å². The highest BCUT2D eigenvalue weighted by Gasteiger charge is 2.24. The maximum Gasteiger partial charge on any atom is 0.328 e. The third-order valence-electron chi connectivity index (χ3n) is 5.05. The molecule has 0 fully saturated rings. The summed E-state index contributed by atoms with van der Waals surface area (Å²) >= 11 is 0. The van der Waals surface area contributed by atoms with Crippen molar-refractivity contribution in [3.05, 3.63) is 60.3 Å². The SMILES string of the molecule is CCOC(=O)C(Cc1c[nH]c2ccccc12)NC(=O)CCC(=O)Nc1ccc(S(N)(=O)=O)cc1. The second-order valence-electron chi connectivity index (χ2n) is 7.55. The maximum absolute atomic E-state index is 12.5. The molecule has 5 N–H and O–H groups in total. The first kappa shape index (κ1) is 24.9. The Balaban J connectivity index is 1.57. The van der Waals surface area contributed by atoms with Crippen LogP contribution >= 0.6 is 0 Å². The summed E-state index contributed by atoms with van der Waals surface area (Å²) in [5, 5.41) is 11.2. The molecule has 0 spiro atoms. The molecule has 2 aromatic carbocycles. The van der Waals surface area contributed by atoms with Crippen LogP contribution in [-0.2, 0) is 35.6 Å². The van der Waals surface area contributed by atoms with Gasteiger partial charge in [-0.2, -0.15) is 0 Å². The number of fused-ring (bicyclic) bond motifs is 1. The Hall–Kier alpha value is -3.70. The molecule has 2 amide bonds. The van der Waals surface area contributed by atoms with E-state index in [1.165, 1.54) is 24.3 Å². The summed E-state index contributed by atoms with van der Waals surface area (Å²) in [6, 6.07) is 12.1. The van der Waals surface area contributed by atoms with Crippen molar-refractivity contribution in [2.75, 3.05) is 11.9 Å². The molecule has 0 aliphatic carbocycles. The smallest absolute Gasteiger partial charge is 0.328 e. The number of esters is 1. The molecular formula is C23H26N4O6S. The van der Waals surface area contributed by atoms with Crippen LogP contribution in [0.3, 0.4) is 0 Å². The number of rotatable bonds is 10. The normalized spacial score (nSPS) is 12.2. The fourth-order valence-corrected chi connectivity index (χ4v) is 3.92. The second-order valence-corrected chi connectivity index (χ2v) is 9.11. The number of hydrogen-bond acceptors (Lipinski definition) is 6. The van der Waals surface area contributed by atoms with Gasteiger partial charge in [-0.05, 0) is 42.8 Å². The van der Waals surface area contributed by atoms with Gasteiger partial charge >= 0.3 is 5.97 Å². The topological polar surface area (TPSA) is 160 Å². The lowest BCUT2D eigenvalue weighted by atomic mass is 10.0. The van der Waals surface area contributed by atoms with Crippen LogP contribution in [0.15, 0.2) is 59.6 Å². The van der Waals surface area contributed by atoms with Crippen LogP contribution in [0.25, 0.3) is 10.9 Å². The number of amides is 2. The minimum Gasteiger partial charge on any atom is -0.464 e. The first-order valence-corrected chi connectivity index (χ1v) is 12.2. The molecule has 0 saturated heterocycles. The van der Waals surface area contributed by atoms with Crippen molar-refractivity contribution in [3.63, 3.8) is 0 Å². The van der Waals surface area contributed by atoms with E-state index in [1.54, 1.807) is 13.1 Å². The van der Waals surface area contributed by atoms with Gasteiger partial charge in [0.05, 0.1) is 11.5 Å². The summed E-state index contributed by atoms with van der Waals surface area (Å²) in [5.41, 5.74) is 2.14. The zero-order valence-corrected chi connectivity index (χ0v) is 19.4. The number of anilines is 1. The van der Waals surface area contributed by atoms with Gasteiger partial charge in [-0.1, -0.05) is 18.2 Å². The number of aromatic nitrogens is 1. The van der Waals surface area contributed by atoms with Crippen LogP contribution in [0.4, 0.5) is 5.69 Å². The molecule has 0 aliphatic heterocycles. The van der Waals surface area contributed by atoms with Crippen LogP contribution in [-0.4, -0.2) is 43.8 Å². The molecular weight excluding hydrogens is 460 g/mol. The summed E-state index contributed by atoms with van der Waals surface area (Å²) in [5.74, 6) is -1.47. The Morgan fingerprint density at radius 2 is 1.71 bits per heavy atom. The Labute approximate surface area is 196 Å². The number of sulfonamides is 1. The number of benzene rings is 2. The van der Waals surface area contributed by atoms with Crippen LogP contribution in [0, 0.1) is 0 Å². The Bertz CT molecular complexity index is 1280. The number of ether oxygens (including phenoxy) is 1. The van der Waals surface area contributed by atoms with Crippen LogP contribution < -0.4 is 15.8 Å². The number of primary sulfonamides is 1. The van der Waals surface area contributed by atoms with E-state index >= 15 is 0 Å². The van der Waals surface area contributed by atoms with Gasteiger partial charge < -0.3 is 20.4 Å². The lowest BCUT2D eigenvalue weighted by Gasteiger charge is -2.17. The number of hydrogen-bond donors (Lipinski definition) is 4. The standard InChI is InChI=1S/C23H26N4O6S/c1-2-33-23(30)20(13-15-14-25-19-6-4-3-5-18(15)19)27-22(29)12-11-21(28)26-16-7-9-17(10-8-16)34(24,31)32/h3-10,14,20,25H,2,11-13H2,1H3,(H,26,28)(H,27,29)(H2,24,31,32). The average molecular weight is 487 g/mol. The van der Waals surface area contributed by atoms with Gasteiger partial charge in [0.2, 0.25) is 21.8 Å². The highest BCUT2D eigenvalue weighted by Crippen LogP contribution is 2.19. The number of H-pyrrole nitrogens is 1. The summed E-state index contributed by atoms with van der Waals surface area (Å²) in [6.45, 7) is 1.86. The molecule has 1 heterocycles. The number of nitrogens with two attached hydrogens (primary N) is 1. The number of nitrogens with one attached hydrogen (secondary N) is 3. The van der Waals surface area contributed by atoms with Gasteiger partial charge in [-0.25, -0.2) is 18.4 Å². The molecule has 180 valence electrons. The number of carbonyl (C=O) groups excluding carboxylic acids is 3. The number of carbonyl (C=O) groups is 3. The van der Waals surface area contributed by atoms with Crippen molar-refractivity contribution in [2.45, 2.75) is 37.1 Å². The lowest BCUT2D eigenvalue weighted by Crippen LogP contribution is -2.43. The molecule has 1 atom stereocenters. The van der Waals surface area contributed by atoms with E-state index in [-0.39, 0.29) is 30.8 Å². The second kappa shape index (κ2) is 10.9. The third-order valence-corrected chi connectivity index (χ3v) is 5.98. The molecule has 34 heavy (non-hydrogen) atoms. The van der Waals surface area contributed by atoms with E-state index in [1.807, 2.05) is 24.3 Å². The average Bonchev–Trinajstić information content (AvgIpc) is 3.20. The van der Waals surface area contributed by atoms with Crippen molar-refractivity contribution < 1.29 is 27.5 Å². The largest absolute Gasteiger partial charge is 0.464 e. The van der Waals surface area contributed by atoms with E-state index in [9.17, 15) is 22.8 Å². The van der Waals surface area contributed by atoms with Gasteiger partial charge in [0.1, 0.15) is 6.04 Å². The Morgan fingerprint density at radius 1 is 1.03 bits per heavy atom. The molecule has 11 heteroatoms. The minimum absolute atomic E-state index is 0.0786. The highest BCUT2D eigenvalue weighted by molar-refractivity contribution is 7.89. The molecule has 0 radical (unpaired) electrons. The summed E-state index contributed by atoms with van der Waals surface area (Å²) < 4.78 is 27.7. The molecule has 1 unspecified atom stereocenters. The molecule has 3 aromatic rings. The highest BCUT2D eigenvalue weighted by atomic mass is 32.2. The molecule has 0 bridgehead atoms. The van der Waals surface area contributed by atoms with Crippen LogP contribution in [0.1, 0.15) is 25.3 Å². The predicted molar refractivity (Wildman–Crippen MR) is 126 cm³/mol.